The Labute approximate surface area is 428 Å². The van der Waals surface area contributed by atoms with Gasteiger partial charge in [0.25, 0.3) is 6.33 Å². The minimum Gasteiger partial charge on any atom is -0.510 e. The van der Waals surface area contributed by atoms with Gasteiger partial charge < -0.3 is 13.9 Å². The average molecular weight is 1090 g/mol. The Kier molecular flexibility index (Phi) is 7.87. The Balaban J connectivity index is 0.00000579. The number of nitrogens with zero attached hydrogens (tertiary/aromatic N) is 7. The van der Waals surface area contributed by atoms with E-state index in [0.717, 1.165) is 77.4 Å². The van der Waals surface area contributed by atoms with Gasteiger partial charge in [0.2, 0.25) is 0 Å². The van der Waals surface area contributed by atoms with Crippen LogP contribution in [0.4, 0.5) is 0 Å². The Morgan fingerprint density at radius 1 is 0.500 bits per heavy atom. The molecule has 0 N–H and O–H groups in total. The van der Waals surface area contributed by atoms with Crippen LogP contribution in [-0.4, -0.2) is 28.2 Å². The molecule has 0 bridgehead atoms. The predicted octanol–water partition coefficient (Wildman–Crippen LogP) is 13.8. The van der Waals surface area contributed by atoms with Crippen LogP contribution in [0.25, 0.3) is 105 Å². The third-order valence-corrected chi connectivity index (χ3v) is 13.0. The first-order chi connectivity index (χ1) is 37.3. The number of benzene rings is 8. The summed E-state index contributed by atoms with van der Waals surface area (Å²) in [6.07, 6.45) is 2.93. The van der Waals surface area contributed by atoms with Crippen LogP contribution in [0.2, 0.25) is 0 Å². The van der Waals surface area contributed by atoms with Crippen LogP contribution in [0.1, 0.15) is 22.1 Å². The molecule has 8 nitrogen and oxygen atoms in total. The molecule has 14 rings (SSSR count). The second-order valence-corrected chi connectivity index (χ2v) is 16.9. The molecule has 0 saturated carbocycles. The van der Waals surface area contributed by atoms with Gasteiger partial charge in [0.15, 0.2) is 0 Å². The van der Waals surface area contributed by atoms with Gasteiger partial charge in [0.1, 0.15) is 17.5 Å². The van der Waals surface area contributed by atoms with E-state index >= 15 is 0 Å². The van der Waals surface area contributed by atoms with E-state index in [1.165, 1.54) is 4.57 Å². The van der Waals surface area contributed by atoms with Crippen LogP contribution in [0.3, 0.4) is 0 Å². The molecule has 70 heavy (non-hydrogen) atoms. The molecule has 0 fully saturated rings. The van der Waals surface area contributed by atoms with Crippen molar-refractivity contribution in [1.29, 1.82) is 0 Å². The van der Waals surface area contributed by atoms with Crippen molar-refractivity contribution in [2.75, 3.05) is 0 Å². The van der Waals surface area contributed by atoms with Crippen LogP contribution < -0.4 is 9.30 Å². The minimum absolute atomic E-state index is 0. The number of ether oxygens (including phenoxy) is 1. The van der Waals surface area contributed by atoms with Gasteiger partial charge in [-0.25, -0.2) is 9.97 Å². The second-order valence-electron chi connectivity index (χ2n) is 16.9. The normalized spacial score (nSPS) is 13.8. The summed E-state index contributed by atoms with van der Waals surface area (Å²) >= 11 is 0. The van der Waals surface area contributed by atoms with Crippen molar-refractivity contribution < 1.29 is 41.3 Å². The molecule has 336 valence electrons. The van der Waals surface area contributed by atoms with E-state index in [9.17, 15) is 0 Å². The van der Waals surface area contributed by atoms with Crippen LogP contribution in [-0.2, 0) is 21.1 Å². The zero-order valence-corrected chi connectivity index (χ0v) is 39.0. The van der Waals surface area contributed by atoms with Gasteiger partial charge in [0, 0.05) is 74.0 Å². The summed E-state index contributed by atoms with van der Waals surface area (Å²) in [5.41, 5.74) is 6.68. The van der Waals surface area contributed by atoms with Gasteiger partial charge in [-0.15, -0.1) is 29.7 Å². The fourth-order valence-corrected chi connectivity index (χ4v) is 9.99. The molecule has 0 aliphatic carbocycles. The van der Waals surface area contributed by atoms with E-state index in [-0.39, 0.29) is 32.6 Å². The number of aromatic nitrogens is 7. The molecule has 0 amide bonds. The maximum absolute atomic E-state index is 9.16. The smallest absolute Gasteiger partial charge is 0.268 e. The number of hydrogen-bond acceptors (Lipinski definition) is 3. The molecule has 9 heteroatoms. The average Bonchev–Trinajstić information content (AvgIpc) is 4.37. The van der Waals surface area contributed by atoms with Crippen molar-refractivity contribution in [2.24, 2.45) is 0 Å². The van der Waals surface area contributed by atoms with Crippen molar-refractivity contribution in [3.63, 3.8) is 0 Å². The van der Waals surface area contributed by atoms with Crippen LogP contribution in [0.15, 0.2) is 200 Å². The van der Waals surface area contributed by atoms with Crippen LogP contribution >= 0.6 is 0 Å². The minimum atomic E-state index is -3.03. The Morgan fingerprint density at radius 2 is 1.01 bits per heavy atom. The van der Waals surface area contributed by atoms with E-state index in [1.54, 1.807) is 24.3 Å². The number of hydrogen-bond donors (Lipinski definition) is 0. The Morgan fingerprint density at radius 3 is 1.60 bits per heavy atom. The molecule has 0 saturated heterocycles. The van der Waals surface area contributed by atoms with E-state index < -0.39 is 37.0 Å². The zero-order valence-electron chi connectivity index (χ0n) is 44.8. The first-order valence-corrected chi connectivity index (χ1v) is 22.4. The zero-order chi connectivity index (χ0) is 52.5. The molecule has 0 spiro atoms. The monoisotopic (exact) mass is 1090 g/mol. The van der Waals surface area contributed by atoms with E-state index in [4.69, 9.17) is 20.7 Å². The fraction of sp³-hybridized carbons (Fsp3) is 0.0328. The molecular weight excluding hydrogens is 1040 g/mol. The SMILES string of the molecule is [2H]c1nc(-n2c3[c-]c(Oc4[c-]c(-n5[c-][n+](-c6cc(-n7c8ccccc8c8ccccc87)nc(-n7c8ccccc8c8ccccc87)c6)c6ccccc65)ccc4)ccc3c3ccccc32)c([2H])c(C([2H])([2H])[2H])c1C([2H])([2H])[2H].[Pt]. The number of pyridine rings is 2. The van der Waals surface area contributed by atoms with Crippen LogP contribution in [0, 0.1) is 32.2 Å². The standard InChI is InChI=1S/C61H39N7O.Pt/c1-39-32-59(62-37-40(39)2)68-55-27-12-7-22-49(55)50-31-30-44(36-58(50)68)69-43-17-15-16-41(33-43)64-38-65(57-29-14-13-28-56(57)64)42-34-60(66-51-23-8-3-18-45(51)46-19-4-9-24-52(46)66)63-61(35-42)67-53-25-10-5-20-47(53)48-21-6-11-26-54(48)67;/h3-32,34-35,37H,1-2H3;/q-2;/i1D3,2D3,32D,37D;. The molecule has 0 atom stereocenters. The van der Waals surface area contributed by atoms with Crippen molar-refractivity contribution in [3.05, 3.63) is 230 Å². The van der Waals surface area contributed by atoms with Gasteiger partial charge in [0.05, 0.1) is 41.5 Å². The first-order valence-electron chi connectivity index (χ1n) is 26.4. The van der Waals surface area contributed by atoms with Crippen molar-refractivity contribution in [2.45, 2.75) is 13.7 Å². The van der Waals surface area contributed by atoms with Gasteiger partial charge in [-0.05, 0) is 84.4 Å². The van der Waals surface area contributed by atoms with Crippen LogP contribution in [0.5, 0.6) is 11.5 Å². The summed E-state index contributed by atoms with van der Waals surface area (Å²) in [6.45, 7) is -6.03. The van der Waals surface area contributed by atoms with E-state index in [0.29, 0.717) is 27.9 Å². The molecule has 0 aliphatic rings. The van der Waals surface area contributed by atoms with Gasteiger partial charge in [-0.3, -0.25) is 13.7 Å². The molecule has 14 aromatic rings. The second kappa shape index (κ2) is 16.3. The molecular formula is C61H39N7OPt-2. The van der Waals surface area contributed by atoms with Gasteiger partial charge in [-0.1, -0.05) is 121 Å². The largest absolute Gasteiger partial charge is 0.510 e. The van der Waals surface area contributed by atoms with Gasteiger partial charge in [-0.2, -0.15) is 18.2 Å². The maximum atomic E-state index is 9.16. The summed E-state index contributed by atoms with van der Waals surface area (Å²) in [4.78, 5) is 9.83. The molecule has 8 aromatic carbocycles. The number of fused-ring (bicyclic) bond motifs is 10. The van der Waals surface area contributed by atoms with Crippen molar-refractivity contribution in [1.82, 2.24) is 28.2 Å². The number of rotatable bonds is 7. The first kappa shape index (κ1) is 33.8. The molecule has 6 aromatic heterocycles. The summed E-state index contributed by atoms with van der Waals surface area (Å²) in [6, 6.07) is 68.5. The van der Waals surface area contributed by atoms with Gasteiger partial charge >= 0.3 is 0 Å². The van der Waals surface area contributed by atoms with Crippen molar-refractivity contribution >= 4 is 76.5 Å². The van der Waals surface area contributed by atoms with E-state index in [2.05, 4.69) is 148 Å². The topological polar surface area (TPSA) is 58.6 Å². The summed E-state index contributed by atoms with van der Waals surface area (Å²) in [5, 5.41) is 5.91. The molecule has 6 heterocycles. The number of imidazole rings is 1. The fourth-order valence-electron chi connectivity index (χ4n) is 9.99. The van der Waals surface area contributed by atoms with E-state index in [1.807, 2.05) is 57.7 Å². The predicted molar refractivity (Wildman–Crippen MR) is 276 cm³/mol. The third kappa shape index (κ3) is 6.44. The Bertz CT molecular complexity index is 4530. The Hall–Kier alpha value is -8.58. The number of para-hydroxylation sites is 7. The summed E-state index contributed by atoms with van der Waals surface area (Å²) in [7, 11) is 0. The molecule has 0 aliphatic heterocycles. The third-order valence-electron chi connectivity index (χ3n) is 13.0. The molecule has 0 unspecified atom stereocenters. The maximum Gasteiger partial charge on any atom is 0.268 e. The summed E-state index contributed by atoms with van der Waals surface area (Å²) < 4.78 is 83.5. The molecule has 0 radical (unpaired) electrons. The summed E-state index contributed by atoms with van der Waals surface area (Å²) in [5.74, 6) is 1.85. The quantitative estimate of drug-likeness (QED) is 0.118. The van der Waals surface area contributed by atoms with Crippen molar-refractivity contribution in [3.8, 4) is 40.3 Å².